The van der Waals surface area contributed by atoms with Crippen LogP contribution in [0.5, 0.6) is 0 Å². The average molecular weight is 318 g/mol. The molecule has 0 saturated heterocycles. The molecule has 0 aliphatic heterocycles. The summed E-state index contributed by atoms with van der Waals surface area (Å²) in [5.41, 5.74) is 8.29. The van der Waals surface area contributed by atoms with E-state index < -0.39 is 6.04 Å². The van der Waals surface area contributed by atoms with Crippen molar-refractivity contribution in [2.75, 3.05) is 5.33 Å². The topological polar surface area (TPSA) is 43.1 Å². The molecular formula is C16H16BrNO. The quantitative estimate of drug-likeness (QED) is 0.861. The molecule has 2 aromatic rings. The van der Waals surface area contributed by atoms with Crippen molar-refractivity contribution in [1.82, 2.24) is 0 Å². The molecule has 2 nitrogen and oxygen atoms in total. The second-order valence-corrected chi connectivity index (χ2v) is 4.99. The minimum atomic E-state index is -0.538. The highest BCUT2D eigenvalue weighted by atomic mass is 79.9. The molecule has 0 radical (unpaired) electrons. The van der Waals surface area contributed by atoms with Crippen molar-refractivity contribution in [2.45, 2.75) is 12.0 Å². The molecule has 19 heavy (non-hydrogen) atoms. The molecule has 2 aromatic carbocycles. The SMILES string of the molecule is NC(C(=O)CBr)C(c1ccccc1)c1ccccc1. The lowest BCUT2D eigenvalue weighted by Gasteiger charge is -2.23. The fourth-order valence-corrected chi connectivity index (χ4v) is 2.58. The Morgan fingerprint density at radius 2 is 1.37 bits per heavy atom. The number of alkyl halides is 1. The van der Waals surface area contributed by atoms with Gasteiger partial charge in [-0.2, -0.15) is 0 Å². The standard InChI is InChI=1S/C16H16BrNO/c17-11-14(19)16(18)15(12-7-3-1-4-8-12)13-9-5-2-6-10-13/h1-10,15-16H,11,18H2. The van der Waals surface area contributed by atoms with Gasteiger partial charge in [-0.15, -0.1) is 0 Å². The summed E-state index contributed by atoms with van der Waals surface area (Å²) in [6.07, 6.45) is 0. The van der Waals surface area contributed by atoms with Crippen LogP contribution in [0.2, 0.25) is 0 Å². The first-order valence-electron chi connectivity index (χ1n) is 6.18. The molecule has 0 heterocycles. The molecule has 0 saturated carbocycles. The van der Waals surface area contributed by atoms with Crippen molar-refractivity contribution >= 4 is 21.7 Å². The van der Waals surface area contributed by atoms with Gasteiger partial charge in [-0.25, -0.2) is 0 Å². The Labute approximate surface area is 121 Å². The smallest absolute Gasteiger partial charge is 0.160 e. The highest BCUT2D eigenvalue weighted by Crippen LogP contribution is 2.27. The molecule has 0 aromatic heterocycles. The Hall–Kier alpha value is -1.45. The van der Waals surface area contributed by atoms with Crippen LogP contribution in [-0.4, -0.2) is 17.2 Å². The summed E-state index contributed by atoms with van der Waals surface area (Å²) in [5.74, 6) is -0.0924. The third-order valence-electron chi connectivity index (χ3n) is 3.18. The van der Waals surface area contributed by atoms with Gasteiger partial charge >= 0.3 is 0 Å². The minimum Gasteiger partial charge on any atom is -0.321 e. The summed E-state index contributed by atoms with van der Waals surface area (Å²) < 4.78 is 0. The van der Waals surface area contributed by atoms with Crippen LogP contribution in [0.15, 0.2) is 60.7 Å². The van der Waals surface area contributed by atoms with Crippen LogP contribution in [-0.2, 0) is 4.79 Å². The number of carbonyl (C=O) groups is 1. The molecular weight excluding hydrogens is 302 g/mol. The maximum absolute atomic E-state index is 11.9. The molecule has 0 spiro atoms. The van der Waals surface area contributed by atoms with Crippen molar-refractivity contribution in [3.05, 3.63) is 71.8 Å². The number of halogens is 1. The van der Waals surface area contributed by atoms with Gasteiger partial charge in [-0.3, -0.25) is 4.79 Å². The molecule has 2 N–H and O–H groups in total. The van der Waals surface area contributed by atoms with Gasteiger partial charge in [0.25, 0.3) is 0 Å². The Morgan fingerprint density at radius 1 is 0.947 bits per heavy atom. The number of nitrogens with two attached hydrogens (primary N) is 1. The number of Topliss-reactive ketones (excluding diaryl/α,β-unsaturated/α-hetero) is 1. The van der Waals surface area contributed by atoms with E-state index in [4.69, 9.17) is 5.73 Å². The van der Waals surface area contributed by atoms with Gasteiger partial charge in [0, 0.05) is 5.92 Å². The van der Waals surface area contributed by atoms with E-state index >= 15 is 0 Å². The maximum Gasteiger partial charge on any atom is 0.160 e. The van der Waals surface area contributed by atoms with Crippen LogP contribution in [0, 0.1) is 0 Å². The van der Waals surface area contributed by atoms with Gasteiger partial charge in [-0.1, -0.05) is 76.6 Å². The second-order valence-electron chi connectivity index (χ2n) is 4.42. The molecule has 3 heteroatoms. The minimum absolute atomic E-state index is 0.0118. The molecule has 0 aliphatic rings. The molecule has 0 amide bonds. The fourth-order valence-electron chi connectivity index (χ4n) is 2.20. The number of rotatable bonds is 5. The molecule has 2 rings (SSSR count). The second kappa shape index (κ2) is 6.64. The van der Waals surface area contributed by atoms with E-state index in [0.29, 0.717) is 0 Å². The van der Waals surface area contributed by atoms with Crippen molar-refractivity contribution in [1.29, 1.82) is 0 Å². The van der Waals surface area contributed by atoms with Crippen molar-refractivity contribution in [3.8, 4) is 0 Å². The third-order valence-corrected chi connectivity index (χ3v) is 3.73. The van der Waals surface area contributed by atoms with Crippen LogP contribution in [0.1, 0.15) is 17.0 Å². The highest BCUT2D eigenvalue weighted by molar-refractivity contribution is 9.09. The predicted octanol–water partition coefficient (Wildman–Crippen LogP) is 3.11. The van der Waals surface area contributed by atoms with Gasteiger partial charge in [0.05, 0.1) is 11.4 Å². The highest BCUT2D eigenvalue weighted by Gasteiger charge is 2.26. The zero-order chi connectivity index (χ0) is 13.7. The summed E-state index contributed by atoms with van der Waals surface area (Å²) >= 11 is 3.20. The Kier molecular flexibility index (Phi) is 4.88. The molecule has 0 aliphatic carbocycles. The Balaban J connectivity index is 2.43. The summed E-state index contributed by atoms with van der Waals surface area (Å²) in [4.78, 5) is 11.9. The molecule has 1 atom stereocenters. The van der Waals surface area contributed by atoms with E-state index in [2.05, 4.69) is 15.9 Å². The molecule has 1 unspecified atom stereocenters. The Morgan fingerprint density at radius 3 is 1.74 bits per heavy atom. The lowest BCUT2D eigenvalue weighted by atomic mass is 9.84. The number of ketones is 1. The third kappa shape index (κ3) is 3.31. The largest absolute Gasteiger partial charge is 0.321 e. The zero-order valence-electron chi connectivity index (χ0n) is 10.5. The average Bonchev–Trinajstić information content (AvgIpc) is 2.49. The van der Waals surface area contributed by atoms with E-state index in [1.54, 1.807) is 0 Å². The Bertz CT molecular complexity index is 487. The van der Waals surface area contributed by atoms with E-state index in [9.17, 15) is 4.79 Å². The first kappa shape index (κ1) is 14.0. The van der Waals surface area contributed by atoms with Crippen molar-refractivity contribution in [2.24, 2.45) is 5.73 Å². The summed E-state index contributed by atoms with van der Waals surface area (Å²) in [7, 11) is 0. The lowest BCUT2D eigenvalue weighted by Crippen LogP contribution is -2.38. The van der Waals surface area contributed by atoms with Gasteiger partial charge in [0.2, 0.25) is 0 Å². The van der Waals surface area contributed by atoms with Gasteiger partial charge in [0.15, 0.2) is 5.78 Å². The number of carbonyl (C=O) groups excluding carboxylic acids is 1. The monoisotopic (exact) mass is 317 g/mol. The summed E-state index contributed by atoms with van der Waals surface area (Å²) in [6, 6.07) is 19.3. The van der Waals surface area contributed by atoms with E-state index in [-0.39, 0.29) is 17.0 Å². The normalized spacial score (nSPS) is 12.4. The molecule has 0 fully saturated rings. The van der Waals surface area contributed by atoms with Gasteiger partial charge in [-0.05, 0) is 11.1 Å². The van der Waals surface area contributed by atoms with Crippen LogP contribution in [0.3, 0.4) is 0 Å². The molecule has 98 valence electrons. The zero-order valence-corrected chi connectivity index (χ0v) is 12.1. The van der Waals surface area contributed by atoms with E-state index in [1.807, 2.05) is 60.7 Å². The number of hydrogen-bond donors (Lipinski definition) is 1. The van der Waals surface area contributed by atoms with Gasteiger partial charge in [0.1, 0.15) is 0 Å². The molecule has 0 bridgehead atoms. The van der Waals surface area contributed by atoms with Gasteiger partial charge < -0.3 is 5.73 Å². The van der Waals surface area contributed by atoms with E-state index in [0.717, 1.165) is 11.1 Å². The first-order chi connectivity index (χ1) is 9.24. The van der Waals surface area contributed by atoms with Crippen LogP contribution < -0.4 is 5.73 Å². The summed E-state index contributed by atoms with van der Waals surface area (Å²) in [6.45, 7) is 0. The van der Waals surface area contributed by atoms with Crippen molar-refractivity contribution < 1.29 is 4.79 Å². The predicted molar refractivity (Wildman–Crippen MR) is 81.5 cm³/mol. The number of hydrogen-bond acceptors (Lipinski definition) is 2. The summed E-state index contributed by atoms with van der Waals surface area (Å²) in [5, 5.41) is 0.282. The van der Waals surface area contributed by atoms with E-state index in [1.165, 1.54) is 0 Å². The van der Waals surface area contributed by atoms with Crippen LogP contribution in [0.4, 0.5) is 0 Å². The lowest BCUT2D eigenvalue weighted by molar-refractivity contribution is -0.118. The van der Waals surface area contributed by atoms with Crippen LogP contribution in [0.25, 0.3) is 0 Å². The first-order valence-corrected chi connectivity index (χ1v) is 7.30. The van der Waals surface area contributed by atoms with Crippen LogP contribution >= 0.6 is 15.9 Å². The maximum atomic E-state index is 11.9. The number of benzene rings is 2. The fraction of sp³-hybridized carbons (Fsp3) is 0.188. The van der Waals surface area contributed by atoms with Crippen molar-refractivity contribution in [3.63, 3.8) is 0 Å².